The first-order chi connectivity index (χ1) is 16.8. The van der Waals surface area contributed by atoms with Crippen LogP contribution in [0.5, 0.6) is 5.75 Å². The maximum atomic E-state index is 12.8. The molecule has 3 heterocycles. The SMILES string of the molecule is O=C(c1ccc(OC(F)(F)F)cc1)N1CCC(c2ncnc3cc(N4CCCC4=O)ccc23)CC1. The van der Waals surface area contributed by atoms with E-state index < -0.39 is 6.36 Å². The van der Waals surface area contributed by atoms with E-state index in [1.807, 2.05) is 18.2 Å². The lowest BCUT2D eigenvalue weighted by atomic mass is 9.90. The number of hydrogen-bond acceptors (Lipinski definition) is 5. The molecule has 2 saturated heterocycles. The molecule has 3 aromatic rings. The number of carbonyl (C=O) groups is 2. The highest BCUT2D eigenvalue weighted by Crippen LogP contribution is 2.33. The molecule has 0 bridgehead atoms. The van der Waals surface area contributed by atoms with Gasteiger partial charge in [-0.3, -0.25) is 9.59 Å². The first kappa shape index (κ1) is 23.1. The van der Waals surface area contributed by atoms with Crippen LogP contribution in [0.15, 0.2) is 48.8 Å². The summed E-state index contributed by atoms with van der Waals surface area (Å²) in [6.45, 7) is 1.74. The highest BCUT2D eigenvalue weighted by atomic mass is 19.4. The number of anilines is 1. The van der Waals surface area contributed by atoms with Crippen molar-refractivity contribution in [3.8, 4) is 5.75 Å². The Morgan fingerprint density at radius 3 is 2.40 bits per heavy atom. The molecule has 2 fully saturated rings. The van der Waals surface area contributed by atoms with Gasteiger partial charge in [0.15, 0.2) is 0 Å². The van der Waals surface area contributed by atoms with Gasteiger partial charge in [-0.05, 0) is 61.7 Å². The largest absolute Gasteiger partial charge is 0.573 e. The van der Waals surface area contributed by atoms with Crippen molar-refractivity contribution in [3.63, 3.8) is 0 Å². The van der Waals surface area contributed by atoms with Gasteiger partial charge in [0.1, 0.15) is 12.1 Å². The summed E-state index contributed by atoms with van der Waals surface area (Å²) >= 11 is 0. The number of alkyl halides is 3. The summed E-state index contributed by atoms with van der Waals surface area (Å²) in [4.78, 5) is 37.4. The fourth-order valence-corrected chi connectivity index (χ4v) is 4.82. The third-order valence-corrected chi connectivity index (χ3v) is 6.54. The molecule has 0 spiro atoms. The Balaban J connectivity index is 1.26. The van der Waals surface area contributed by atoms with Crippen molar-refractivity contribution >= 4 is 28.4 Å². The highest BCUT2D eigenvalue weighted by Gasteiger charge is 2.31. The van der Waals surface area contributed by atoms with Crippen LogP contribution in [-0.2, 0) is 4.79 Å². The number of nitrogens with zero attached hydrogens (tertiary/aromatic N) is 4. The number of rotatable bonds is 4. The van der Waals surface area contributed by atoms with Crippen molar-refractivity contribution in [2.24, 2.45) is 0 Å². The minimum absolute atomic E-state index is 0.123. The molecular formula is C25H23F3N4O3. The normalized spacial score (nSPS) is 17.3. The number of ether oxygens (including phenoxy) is 1. The average molecular weight is 484 g/mol. The minimum atomic E-state index is -4.77. The van der Waals surface area contributed by atoms with Crippen molar-refractivity contribution in [1.29, 1.82) is 0 Å². The summed E-state index contributed by atoms with van der Waals surface area (Å²) in [5.74, 6) is -0.320. The number of likely N-dealkylation sites (tertiary alicyclic amines) is 1. The molecule has 0 saturated carbocycles. The molecular weight excluding hydrogens is 461 g/mol. The van der Waals surface area contributed by atoms with Gasteiger partial charge in [-0.2, -0.15) is 0 Å². The lowest BCUT2D eigenvalue weighted by molar-refractivity contribution is -0.274. The van der Waals surface area contributed by atoms with Crippen LogP contribution in [0.25, 0.3) is 10.9 Å². The van der Waals surface area contributed by atoms with Crippen molar-refractivity contribution in [1.82, 2.24) is 14.9 Å². The molecule has 10 heteroatoms. The molecule has 1 aromatic heterocycles. The predicted octanol–water partition coefficient (Wildman–Crippen LogP) is 4.68. The van der Waals surface area contributed by atoms with Gasteiger partial charge < -0.3 is 14.5 Å². The summed E-state index contributed by atoms with van der Waals surface area (Å²) < 4.78 is 40.9. The maximum Gasteiger partial charge on any atom is 0.573 e. The molecule has 35 heavy (non-hydrogen) atoms. The van der Waals surface area contributed by atoms with Crippen LogP contribution in [0.4, 0.5) is 18.9 Å². The van der Waals surface area contributed by atoms with Gasteiger partial charge in [-0.25, -0.2) is 9.97 Å². The lowest BCUT2D eigenvalue weighted by Crippen LogP contribution is -2.38. The Morgan fingerprint density at radius 2 is 1.74 bits per heavy atom. The summed E-state index contributed by atoms with van der Waals surface area (Å²) in [5, 5.41) is 0.938. The van der Waals surface area contributed by atoms with Crippen LogP contribution in [0.1, 0.15) is 47.7 Å². The van der Waals surface area contributed by atoms with Crippen LogP contribution in [0, 0.1) is 0 Å². The summed E-state index contributed by atoms with van der Waals surface area (Å²) in [6.07, 6.45) is -0.398. The quantitative estimate of drug-likeness (QED) is 0.538. The van der Waals surface area contributed by atoms with Gasteiger partial charge in [0.2, 0.25) is 5.91 Å². The van der Waals surface area contributed by atoms with E-state index in [1.165, 1.54) is 18.5 Å². The van der Waals surface area contributed by atoms with Gasteiger partial charge in [-0.1, -0.05) is 0 Å². The van der Waals surface area contributed by atoms with Gasteiger partial charge in [0.05, 0.1) is 11.2 Å². The second-order valence-electron chi connectivity index (χ2n) is 8.75. The second-order valence-corrected chi connectivity index (χ2v) is 8.75. The van der Waals surface area contributed by atoms with Crippen LogP contribution in [0.3, 0.4) is 0 Å². The number of hydrogen-bond donors (Lipinski definition) is 0. The van der Waals surface area contributed by atoms with Crippen LogP contribution in [-0.4, -0.2) is 52.7 Å². The number of amides is 2. The zero-order valence-corrected chi connectivity index (χ0v) is 18.8. The van der Waals surface area contributed by atoms with E-state index in [2.05, 4.69) is 14.7 Å². The van der Waals surface area contributed by atoms with Gasteiger partial charge >= 0.3 is 6.36 Å². The van der Waals surface area contributed by atoms with Gasteiger partial charge in [-0.15, -0.1) is 13.2 Å². The zero-order chi connectivity index (χ0) is 24.6. The zero-order valence-electron chi connectivity index (χ0n) is 18.8. The minimum Gasteiger partial charge on any atom is -0.406 e. The first-order valence-electron chi connectivity index (χ1n) is 11.5. The third kappa shape index (κ3) is 4.91. The Labute approximate surface area is 199 Å². The predicted molar refractivity (Wildman–Crippen MR) is 122 cm³/mol. The standard InChI is InChI=1S/C25H23F3N4O3/c26-25(27,28)35-19-6-3-17(4-7-19)24(34)31-12-9-16(10-13-31)23-20-8-5-18(14-21(20)29-15-30-23)32-11-1-2-22(32)33/h3-8,14-16H,1-2,9-13H2. The maximum absolute atomic E-state index is 12.8. The first-order valence-corrected chi connectivity index (χ1v) is 11.5. The Bertz CT molecular complexity index is 1260. The fraction of sp³-hybridized carbons (Fsp3) is 0.360. The van der Waals surface area contributed by atoms with Crippen molar-refractivity contribution < 1.29 is 27.5 Å². The Kier molecular flexibility index (Phi) is 6.04. The molecule has 2 aliphatic heterocycles. The number of aromatic nitrogens is 2. The average Bonchev–Trinajstić information content (AvgIpc) is 3.28. The monoisotopic (exact) mass is 484 g/mol. The summed E-state index contributed by atoms with van der Waals surface area (Å²) in [5.41, 5.74) is 2.87. The van der Waals surface area contributed by atoms with Crippen molar-refractivity contribution in [2.45, 2.75) is 38.0 Å². The van der Waals surface area contributed by atoms with E-state index >= 15 is 0 Å². The molecule has 0 radical (unpaired) electrons. The van der Waals surface area contributed by atoms with Gasteiger partial charge in [0.25, 0.3) is 5.91 Å². The highest BCUT2D eigenvalue weighted by molar-refractivity contribution is 5.97. The van der Waals surface area contributed by atoms with Crippen LogP contribution in [0.2, 0.25) is 0 Å². The molecule has 2 aromatic carbocycles. The van der Waals surface area contributed by atoms with E-state index in [9.17, 15) is 22.8 Å². The molecule has 2 aliphatic rings. The fourth-order valence-electron chi connectivity index (χ4n) is 4.82. The molecule has 0 aliphatic carbocycles. The second kappa shape index (κ2) is 9.16. The summed E-state index contributed by atoms with van der Waals surface area (Å²) in [7, 11) is 0. The number of benzene rings is 2. The third-order valence-electron chi connectivity index (χ3n) is 6.54. The van der Waals surface area contributed by atoms with Crippen LogP contribution >= 0.6 is 0 Å². The van der Waals surface area contributed by atoms with Crippen LogP contribution < -0.4 is 9.64 Å². The lowest BCUT2D eigenvalue weighted by Gasteiger charge is -2.32. The number of piperidine rings is 1. The Morgan fingerprint density at radius 1 is 1.00 bits per heavy atom. The van der Waals surface area contributed by atoms with E-state index in [4.69, 9.17) is 0 Å². The molecule has 5 rings (SSSR count). The van der Waals surface area contributed by atoms with E-state index in [0.717, 1.165) is 40.8 Å². The molecule has 0 N–H and O–H groups in total. The number of halogens is 3. The Hall–Kier alpha value is -3.69. The summed E-state index contributed by atoms with van der Waals surface area (Å²) in [6, 6.07) is 10.8. The molecule has 2 amide bonds. The van der Waals surface area contributed by atoms with E-state index in [0.29, 0.717) is 44.5 Å². The molecule has 182 valence electrons. The van der Waals surface area contributed by atoms with E-state index in [1.54, 1.807) is 9.80 Å². The molecule has 7 nitrogen and oxygen atoms in total. The van der Waals surface area contributed by atoms with E-state index in [-0.39, 0.29) is 23.5 Å². The number of carbonyl (C=O) groups excluding carboxylic acids is 2. The molecule has 0 atom stereocenters. The van der Waals surface area contributed by atoms with Gasteiger partial charge in [0, 0.05) is 48.6 Å². The smallest absolute Gasteiger partial charge is 0.406 e. The van der Waals surface area contributed by atoms with Crippen molar-refractivity contribution in [2.75, 3.05) is 24.5 Å². The molecule has 0 unspecified atom stereocenters. The van der Waals surface area contributed by atoms with Crippen molar-refractivity contribution in [3.05, 3.63) is 60.0 Å². The topological polar surface area (TPSA) is 75.6 Å². The number of fused-ring (bicyclic) bond motifs is 1.